The predicted octanol–water partition coefficient (Wildman–Crippen LogP) is 9.41. The molecule has 0 N–H and O–H groups in total. The fourth-order valence-electron chi connectivity index (χ4n) is 2.66. The summed E-state index contributed by atoms with van der Waals surface area (Å²) in [6, 6.07) is 17.5. The van der Waals surface area contributed by atoms with Gasteiger partial charge in [-0.05, 0) is 111 Å². The fraction of sp³-hybridized carbons (Fsp3) is 0.278. The smallest absolute Gasteiger partial charge is 0.377 e. The molecule has 14 heteroatoms. The summed E-state index contributed by atoms with van der Waals surface area (Å²) in [5.41, 5.74) is 2.38. The molecule has 32 heavy (non-hydrogen) atoms. The van der Waals surface area contributed by atoms with Crippen LogP contribution in [0.15, 0.2) is 57.8 Å². The molecule has 0 aliphatic carbocycles. The van der Waals surface area contributed by atoms with Gasteiger partial charge in [0.05, 0.1) is 10.2 Å². The monoisotopic (exact) mass is 615 g/mol. The van der Waals surface area contributed by atoms with Crippen LogP contribution in [0.25, 0.3) is 10.2 Å². The number of para-hydroxylation sites is 1. The van der Waals surface area contributed by atoms with Crippen molar-refractivity contribution in [1.29, 1.82) is 0 Å². The highest BCUT2D eigenvalue weighted by molar-refractivity contribution is 9.48. The maximum Gasteiger partial charge on any atom is 0.500 e. The van der Waals surface area contributed by atoms with Crippen LogP contribution in [0.1, 0.15) is 5.56 Å². The molecule has 3 aromatic rings. The molecule has 0 aliphatic rings. The number of aryl methyl sites for hydroxylation is 1. The van der Waals surface area contributed by atoms with Crippen molar-refractivity contribution < 1.29 is 13.3 Å². The van der Waals surface area contributed by atoms with E-state index in [9.17, 15) is 0 Å². The normalized spacial score (nSPS) is 12.0. The number of aromatic nitrogens is 1. The van der Waals surface area contributed by atoms with Crippen molar-refractivity contribution in [2.45, 2.75) is 21.7 Å². The molecule has 0 unspecified atom stereocenters. The lowest BCUT2D eigenvalue weighted by Crippen LogP contribution is -2.43. The lowest BCUT2D eigenvalue weighted by molar-refractivity contribution is 0.123. The van der Waals surface area contributed by atoms with E-state index in [1.807, 2.05) is 6.07 Å². The van der Waals surface area contributed by atoms with Crippen LogP contribution in [0.3, 0.4) is 0 Å². The van der Waals surface area contributed by atoms with E-state index in [1.165, 1.54) is 15.2 Å². The molecule has 3 rings (SSSR count). The highest BCUT2D eigenvalue weighted by Gasteiger charge is 2.37. The molecule has 0 atom stereocenters. The largest absolute Gasteiger partial charge is 0.500 e. The number of fused-ring (bicyclic) bond motifs is 1. The lowest BCUT2D eigenvalue weighted by atomic mass is 10.2. The van der Waals surface area contributed by atoms with Crippen molar-refractivity contribution in [3.8, 4) is 0 Å². The third kappa shape index (κ3) is 8.71. The van der Waals surface area contributed by atoms with E-state index in [0.717, 1.165) is 22.3 Å². The minimum absolute atomic E-state index is 0.761. The number of nitrogens with zero attached hydrogens (tertiary/aromatic N) is 1. The highest BCUT2D eigenvalue weighted by atomic mass is 34.0. The van der Waals surface area contributed by atoms with Crippen molar-refractivity contribution in [2.24, 2.45) is 0 Å². The molecule has 4 nitrogen and oxygen atoms in total. The second-order valence-corrected chi connectivity index (χ2v) is 23.1. The Morgan fingerprint density at radius 2 is 1.41 bits per heavy atom. The highest BCUT2D eigenvalue weighted by Crippen LogP contribution is 2.59. The number of benzene rings is 2. The van der Waals surface area contributed by atoms with Crippen LogP contribution in [0.2, 0.25) is 6.04 Å². The van der Waals surface area contributed by atoms with E-state index in [2.05, 4.69) is 47.4 Å². The summed E-state index contributed by atoms with van der Waals surface area (Å²) in [7, 11) is 16.6. The Hall–Kier alpha value is 1.23. The zero-order valence-corrected chi connectivity index (χ0v) is 25.7. The molecule has 174 valence electrons. The third-order valence-corrected chi connectivity index (χ3v) is 23.3. The SMILES string of the molecule is CO[Si](CCc1ccccc1SSSSSSSSc1nc2ccccc2s1)(OC)OC. The van der Waals surface area contributed by atoms with E-state index >= 15 is 0 Å². The van der Waals surface area contributed by atoms with Crippen LogP contribution in [0, 0.1) is 0 Å². The van der Waals surface area contributed by atoms with Crippen molar-refractivity contribution in [1.82, 2.24) is 4.98 Å². The van der Waals surface area contributed by atoms with E-state index in [4.69, 9.17) is 13.3 Å². The first-order valence-electron chi connectivity index (χ1n) is 9.13. The van der Waals surface area contributed by atoms with Crippen LogP contribution in [-0.4, -0.2) is 35.1 Å². The molecular weight excluding hydrogens is 595 g/mol. The van der Waals surface area contributed by atoms with Crippen molar-refractivity contribution >= 4 is 111 Å². The number of hydrogen-bond acceptors (Lipinski definition) is 13. The molecule has 1 heterocycles. The zero-order valence-electron chi connectivity index (χ0n) is 17.4. The number of thiazole rings is 1. The molecule has 0 spiro atoms. The van der Waals surface area contributed by atoms with Gasteiger partial charge in [0.25, 0.3) is 0 Å². The first-order chi connectivity index (χ1) is 15.7. The first-order valence-corrected chi connectivity index (χ1v) is 22.0. The maximum atomic E-state index is 5.55. The van der Waals surface area contributed by atoms with Crippen molar-refractivity contribution in [3.05, 3.63) is 54.1 Å². The van der Waals surface area contributed by atoms with Gasteiger partial charge < -0.3 is 13.3 Å². The third-order valence-electron chi connectivity index (χ3n) is 4.25. The maximum absolute atomic E-state index is 5.55. The van der Waals surface area contributed by atoms with Crippen molar-refractivity contribution in [3.63, 3.8) is 0 Å². The summed E-state index contributed by atoms with van der Waals surface area (Å²) in [6.45, 7) is 0. The summed E-state index contributed by atoms with van der Waals surface area (Å²) in [4.78, 5) is 5.92. The molecular formula is C18H21NO3S9Si. The van der Waals surface area contributed by atoms with Gasteiger partial charge >= 0.3 is 8.80 Å². The predicted molar refractivity (Wildman–Crippen MR) is 159 cm³/mol. The van der Waals surface area contributed by atoms with Crippen LogP contribution in [0.4, 0.5) is 0 Å². The zero-order chi connectivity index (χ0) is 22.7. The summed E-state index contributed by atoms with van der Waals surface area (Å²) in [5, 5.41) is 0. The van der Waals surface area contributed by atoms with Crippen LogP contribution < -0.4 is 0 Å². The van der Waals surface area contributed by atoms with Gasteiger partial charge in [0.15, 0.2) is 4.34 Å². The molecule has 0 bridgehead atoms. The standard InChI is InChI=1S/C18H21NO3S9Si/c1-20-32(21-2,22-3)13-12-14-8-4-6-10-16(14)24-26-28-30-31-29-27-25-18-19-15-9-5-7-11-17(15)23-18/h4-11H,12-13H2,1-3H3. The van der Waals surface area contributed by atoms with Crippen LogP contribution in [-0.2, 0) is 19.7 Å². The molecule has 0 aliphatic heterocycles. The average Bonchev–Trinajstić information content (AvgIpc) is 3.25. The van der Waals surface area contributed by atoms with E-state index in [0.29, 0.717) is 0 Å². The molecule has 0 radical (unpaired) electrons. The van der Waals surface area contributed by atoms with Gasteiger partial charge in [0.2, 0.25) is 0 Å². The van der Waals surface area contributed by atoms with Gasteiger partial charge in [-0.3, -0.25) is 0 Å². The topological polar surface area (TPSA) is 40.6 Å². The van der Waals surface area contributed by atoms with Gasteiger partial charge in [0, 0.05) is 32.3 Å². The average molecular weight is 616 g/mol. The van der Waals surface area contributed by atoms with Crippen molar-refractivity contribution in [2.75, 3.05) is 21.3 Å². The van der Waals surface area contributed by atoms with Crippen LogP contribution >= 0.6 is 91.9 Å². The van der Waals surface area contributed by atoms with Gasteiger partial charge in [-0.15, -0.1) is 11.3 Å². The second kappa shape index (κ2) is 15.4. The van der Waals surface area contributed by atoms with E-state index in [-0.39, 0.29) is 0 Å². The van der Waals surface area contributed by atoms with Gasteiger partial charge in [-0.2, -0.15) is 0 Å². The summed E-state index contributed by atoms with van der Waals surface area (Å²) in [6.07, 6.45) is 0.869. The Morgan fingerprint density at radius 3 is 2.12 bits per heavy atom. The Morgan fingerprint density at radius 1 is 0.781 bits per heavy atom. The molecule has 0 saturated carbocycles. The molecule has 0 fully saturated rings. The molecule has 0 saturated heterocycles. The minimum Gasteiger partial charge on any atom is -0.377 e. The van der Waals surface area contributed by atoms with Gasteiger partial charge in [-0.1, -0.05) is 30.3 Å². The fourth-order valence-corrected chi connectivity index (χ4v) is 22.6. The van der Waals surface area contributed by atoms with Gasteiger partial charge in [-0.25, -0.2) is 4.98 Å². The quantitative estimate of drug-likeness (QED) is 0.0929. The number of hydrogen-bond donors (Lipinski definition) is 0. The molecule has 2 aromatic carbocycles. The summed E-state index contributed by atoms with van der Waals surface area (Å²) < 4.78 is 19.0. The second-order valence-electron chi connectivity index (χ2n) is 5.93. The summed E-state index contributed by atoms with van der Waals surface area (Å²) >= 11 is 1.75. The van der Waals surface area contributed by atoms with E-state index < -0.39 is 8.80 Å². The Balaban J connectivity index is 1.32. The molecule has 1 aromatic heterocycles. The summed E-state index contributed by atoms with van der Waals surface area (Å²) in [5.74, 6) is 0. The van der Waals surface area contributed by atoms with Crippen LogP contribution in [0.5, 0.6) is 0 Å². The lowest BCUT2D eigenvalue weighted by Gasteiger charge is -2.24. The van der Waals surface area contributed by atoms with Gasteiger partial charge in [0.1, 0.15) is 0 Å². The Kier molecular flexibility index (Phi) is 13.4. The number of rotatable bonds is 15. The first kappa shape index (κ1) is 27.8. The Labute approximate surface area is 224 Å². The molecule has 0 amide bonds. The minimum atomic E-state index is -2.55. The van der Waals surface area contributed by atoms with E-state index in [1.54, 1.807) is 113 Å². The Bertz CT molecular complexity index is 919.